The molecule has 23 heavy (non-hydrogen) atoms. The van der Waals surface area contributed by atoms with Crippen molar-refractivity contribution in [1.82, 2.24) is 5.32 Å². The molecule has 1 aliphatic heterocycles. The minimum absolute atomic E-state index is 0.0861. The number of methoxy groups -OCH3 is 1. The summed E-state index contributed by atoms with van der Waals surface area (Å²) < 4.78 is 11.2. The molecule has 1 saturated heterocycles. The second kappa shape index (κ2) is 7.29. The molecule has 4 heteroatoms. The second-order valence-corrected chi connectivity index (χ2v) is 5.69. The minimum Gasteiger partial charge on any atom is -0.484 e. The van der Waals surface area contributed by atoms with Crippen molar-refractivity contribution in [3.05, 3.63) is 65.7 Å². The van der Waals surface area contributed by atoms with Crippen LogP contribution in [-0.4, -0.2) is 26.2 Å². The predicted octanol–water partition coefficient (Wildman–Crippen LogP) is 3.20. The third-order valence-electron chi connectivity index (χ3n) is 4.20. The number of hydrogen-bond donors (Lipinski definition) is 1. The Morgan fingerprint density at radius 3 is 2.57 bits per heavy atom. The number of rotatable bonds is 5. The predicted molar refractivity (Wildman–Crippen MR) is 88.6 cm³/mol. The van der Waals surface area contributed by atoms with Crippen LogP contribution in [0.15, 0.2) is 54.6 Å². The fourth-order valence-electron chi connectivity index (χ4n) is 3.00. The van der Waals surface area contributed by atoms with Gasteiger partial charge in [0.15, 0.2) is 0 Å². The van der Waals surface area contributed by atoms with Gasteiger partial charge in [-0.2, -0.15) is 0 Å². The molecule has 0 aliphatic carbocycles. The van der Waals surface area contributed by atoms with Gasteiger partial charge < -0.3 is 14.8 Å². The highest BCUT2D eigenvalue weighted by atomic mass is 16.5. The standard InChI is InChI=1S/C19H21NO3/c1-22-19(21)16-9-5-6-10-17(16)23-18(15-11-12-20-13-15)14-7-3-2-4-8-14/h2-10,15,18,20H,11-13H2,1H3/t15-,18-/m0/s1. The van der Waals surface area contributed by atoms with Gasteiger partial charge in [0.1, 0.15) is 17.4 Å². The molecule has 3 rings (SSSR count). The molecule has 0 radical (unpaired) electrons. The van der Waals surface area contributed by atoms with Gasteiger partial charge in [-0.05, 0) is 30.7 Å². The van der Waals surface area contributed by atoms with Crippen molar-refractivity contribution in [3.8, 4) is 5.75 Å². The first-order chi connectivity index (χ1) is 11.3. The lowest BCUT2D eigenvalue weighted by Crippen LogP contribution is -2.22. The molecule has 1 aliphatic rings. The van der Waals surface area contributed by atoms with E-state index in [1.165, 1.54) is 7.11 Å². The fourth-order valence-corrected chi connectivity index (χ4v) is 3.00. The van der Waals surface area contributed by atoms with Crippen molar-refractivity contribution in [2.75, 3.05) is 20.2 Å². The molecule has 0 amide bonds. The first-order valence-electron chi connectivity index (χ1n) is 7.89. The quantitative estimate of drug-likeness (QED) is 0.862. The normalized spacial score (nSPS) is 18.4. The first kappa shape index (κ1) is 15.6. The fraction of sp³-hybridized carbons (Fsp3) is 0.316. The topological polar surface area (TPSA) is 47.6 Å². The molecule has 120 valence electrons. The van der Waals surface area contributed by atoms with Crippen LogP contribution in [0.4, 0.5) is 0 Å². The number of carbonyl (C=O) groups excluding carboxylic acids is 1. The molecule has 4 nitrogen and oxygen atoms in total. The first-order valence-corrected chi connectivity index (χ1v) is 7.89. The lowest BCUT2D eigenvalue weighted by molar-refractivity contribution is 0.0588. The van der Waals surface area contributed by atoms with Gasteiger partial charge in [0, 0.05) is 12.5 Å². The van der Waals surface area contributed by atoms with Crippen LogP contribution >= 0.6 is 0 Å². The van der Waals surface area contributed by atoms with Crippen molar-refractivity contribution in [3.63, 3.8) is 0 Å². The molecule has 2 aromatic carbocycles. The van der Waals surface area contributed by atoms with E-state index in [2.05, 4.69) is 17.4 Å². The summed E-state index contributed by atoms with van der Waals surface area (Å²) in [4.78, 5) is 12.0. The monoisotopic (exact) mass is 311 g/mol. The van der Waals surface area contributed by atoms with Gasteiger partial charge in [-0.1, -0.05) is 42.5 Å². The summed E-state index contributed by atoms with van der Waals surface area (Å²) in [6.07, 6.45) is 0.969. The van der Waals surface area contributed by atoms with Gasteiger partial charge >= 0.3 is 5.97 Å². The molecule has 1 heterocycles. The summed E-state index contributed by atoms with van der Waals surface area (Å²) in [5.41, 5.74) is 1.59. The van der Waals surface area contributed by atoms with E-state index in [0.717, 1.165) is 25.1 Å². The molecule has 2 atom stereocenters. The zero-order valence-electron chi connectivity index (χ0n) is 13.2. The van der Waals surface area contributed by atoms with Crippen LogP contribution < -0.4 is 10.1 Å². The van der Waals surface area contributed by atoms with E-state index in [-0.39, 0.29) is 12.1 Å². The number of esters is 1. The average Bonchev–Trinajstić information content (AvgIpc) is 3.14. The van der Waals surface area contributed by atoms with Crippen LogP contribution in [0.5, 0.6) is 5.75 Å². The molecule has 1 fully saturated rings. The number of nitrogens with one attached hydrogen (secondary N) is 1. The Kier molecular flexibility index (Phi) is 4.93. The number of hydrogen-bond acceptors (Lipinski definition) is 4. The lowest BCUT2D eigenvalue weighted by Gasteiger charge is -2.25. The largest absolute Gasteiger partial charge is 0.484 e. The van der Waals surface area contributed by atoms with E-state index in [9.17, 15) is 4.79 Å². The summed E-state index contributed by atoms with van der Waals surface area (Å²) in [7, 11) is 1.38. The molecule has 0 bridgehead atoms. The van der Waals surface area contributed by atoms with Crippen molar-refractivity contribution in [1.29, 1.82) is 0 Å². The highest BCUT2D eigenvalue weighted by Gasteiger charge is 2.29. The Morgan fingerprint density at radius 1 is 1.13 bits per heavy atom. The van der Waals surface area contributed by atoms with Gasteiger partial charge in [-0.25, -0.2) is 4.79 Å². The molecule has 0 saturated carbocycles. The minimum atomic E-state index is -0.378. The maximum absolute atomic E-state index is 12.0. The third kappa shape index (κ3) is 3.54. The second-order valence-electron chi connectivity index (χ2n) is 5.69. The molecule has 0 spiro atoms. The maximum Gasteiger partial charge on any atom is 0.341 e. The summed E-state index contributed by atoms with van der Waals surface area (Å²) >= 11 is 0. The van der Waals surface area contributed by atoms with Crippen molar-refractivity contribution in [2.24, 2.45) is 5.92 Å². The van der Waals surface area contributed by atoms with Crippen LogP contribution in [0.25, 0.3) is 0 Å². The Labute approximate surface area is 136 Å². The van der Waals surface area contributed by atoms with Gasteiger partial charge in [0.25, 0.3) is 0 Å². The molecule has 0 unspecified atom stereocenters. The average molecular weight is 311 g/mol. The summed E-state index contributed by atoms with van der Waals surface area (Å²) in [5, 5.41) is 3.39. The Hall–Kier alpha value is -2.33. The summed E-state index contributed by atoms with van der Waals surface area (Å²) in [6.45, 7) is 1.91. The lowest BCUT2D eigenvalue weighted by atomic mass is 9.94. The zero-order chi connectivity index (χ0) is 16.1. The van der Waals surface area contributed by atoms with Crippen LogP contribution in [0.3, 0.4) is 0 Å². The number of carbonyl (C=O) groups is 1. The summed E-state index contributed by atoms with van der Waals surface area (Å²) in [5.74, 6) is 0.570. The molecule has 1 N–H and O–H groups in total. The number of para-hydroxylation sites is 1. The van der Waals surface area contributed by atoms with Gasteiger partial charge in [-0.3, -0.25) is 0 Å². The number of ether oxygens (including phenoxy) is 2. The van der Waals surface area contributed by atoms with E-state index in [4.69, 9.17) is 9.47 Å². The van der Waals surface area contributed by atoms with E-state index in [1.54, 1.807) is 6.07 Å². The molecular formula is C19H21NO3. The highest BCUT2D eigenvalue weighted by Crippen LogP contribution is 2.33. The number of benzene rings is 2. The smallest absolute Gasteiger partial charge is 0.341 e. The SMILES string of the molecule is COC(=O)c1ccccc1O[C@@H](c1ccccc1)[C@H]1CCNC1. The van der Waals surface area contributed by atoms with E-state index < -0.39 is 0 Å². The van der Waals surface area contributed by atoms with Crippen molar-refractivity contribution >= 4 is 5.97 Å². The Bertz CT molecular complexity index is 651. The van der Waals surface area contributed by atoms with E-state index in [0.29, 0.717) is 17.2 Å². The zero-order valence-corrected chi connectivity index (χ0v) is 13.2. The Morgan fingerprint density at radius 2 is 1.87 bits per heavy atom. The van der Waals surface area contributed by atoms with Crippen LogP contribution in [-0.2, 0) is 4.74 Å². The van der Waals surface area contributed by atoms with Gasteiger partial charge in [0.05, 0.1) is 7.11 Å². The van der Waals surface area contributed by atoms with Crippen LogP contribution in [0, 0.1) is 5.92 Å². The third-order valence-corrected chi connectivity index (χ3v) is 4.20. The summed E-state index contributed by atoms with van der Waals surface area (Å²) in [6, 6.07) is 17.4. The van der Waals surface area contributed by atoms with Crippen molar-refractivity contribution < 1.29 is 14.3 Å². The Balaban J connectivity index is 1.91. The van der Waals surface area contributed by atoms with Gasteiger partial charge in [-0.15, -0.1) is 0 Å². The molecule has 0 aromatic heterocycles. The van der Waals surface area contributed by atoms with Crippen LogP contribution in [0.1, 0.15) is 28.4 Å². The van der Waals surface area contributed by atoms with E-state index in [1.807, 2.05) is 36.4 Å². The van der Waals surface area contributed by atoms with Crippen LogP contribution in [0.2, 0.25) is 0 Å². The maximum atomic E-state index is 12.0. The van der Waals surface area contributed by atoms with Crippen molar-refractivity contribution in [2.45, 2.75) is 12.5 Å². The van der Waals surface area contributed by atoms with E-state index >= 15 is 0 Å². The highest BCUT2D eigenvalue weighted by molar-refractivity contribution is 5.92. The van der Waals surface area contributed by atoms with Gasteiger partial charge in [0.2, 0.25) is 0 Å². The molecule has 2 aromatic rings. The molecular weight excluding hydrogens is 290 g/mol.